The maximum Gasteiger partial charge on any atom is 0.318 e. The van der Waals surface area contributed by atoms with Crippen molar-refractivity contribution in [2.24, 2.45) is 0 Å². The summed E-state index contributed by atoms with van der Waals surface area (Å²) in [4.78, 5) is 14.0. The van der Waals surface area contributed by atoms with Gasteiger partial charge in [0, 0.05) is 6.54 Å². The van der Waals surface area contributed by atoms with E-state index in [2.05, 4.69) is 19.2 Å². The molecule has 3 rings (SSSR count). The van der Waals surface area contributed by atoms with Gasteiger partial charge in [-0.3, -0.25) is 0 Å². The van der Waals surface area contributed by atoms with E-state index in [4.69, 9.17) is 9.47 Å². The first-order chi connectivity index (χ1) is 9.47. The second kappa shape index (κ2) is 4.30. The van der Waals surface area contributed by atoms with Gasteiger partial charge >= 0.3 is 6.03 Å². The van der Waals surface area contributed by atoms with Crippen LogP contribution in [0, 0.1) is 0 Å². The third-order valence-electron chi connectivity index (χ3n) is 4.25. The Morgan fingerprint density at radius 2 is 1.90 bits per heavy atom. The number of carbonyl (C=O) groups excluding carboxylic acids is 1. The minimum atomic E-state index is -0.286. The molecular formula is C15H20N2O3. The number of hydrogen-bond donors (Lipinski definition) is 1. The van der Waals surface area contributed by atoms with Crippen LogP contribution in [0.4, 0.5) is 4.79 Å². The van der Waals surface area contributed by atoms with Gasteiger partial charge < -0.3 is 19.7 Å². The Morgan fingerprint density at radius 3 is 2.55 bits per heavy atom. The van der Waals surface area contributed by atoms with Gasteiger partial charge in [0.05, 0.1) is 25.8 Å². The van der Waals surface area contributed by atoms with Crippen molar-refractivity contribution in [3.05, 3.63) is 23.3 Å². The van der Waals surface area contributed by atoms with Crippen molar-refractivity contribution in [2.45, 2.75) is 31.8 Å². The van der Waals surface area contributed by atoms with Crippen LogP contribution in [-0.4, -0.2) is 37.2 Å². The predicted octanol–water partition coefficient (Wildman–Crippen LogP) is 2.10. The Bertz CT molecular complexity index is 568. The van der Waals surface area contributed by atoms with Crippen LogP contribution < -0.4 is 14.8 Å². The summed E-state index contributed by atoms with van der Waals surface area (Å²) in [5.74, 6) is 1.46. The number of nitrogens with zero attached hydrogens (tertiary/aromatic N) is 1. The normalized spacial score (nSPS) is 22.9. The van der Waals surface area contributed by atoms with Gasteiger partial charge in [-0.25, -0.2) is 4.79 Å². The molecule has 2 heterocycles. The summed E-state index contributed by atoms with van der Waals surface area (Å²) in [6.45, 7) is 4.85. The van der Waals surface area contributed by atoms with Crippen molar-refractivity contribution in [2.75, 3.05) is 20.8 Å². The Morgan fingerprint density at radius 1 is 1.25 bits per heavy atom. The molecular weight excluding hydrogens is 256 g/mol. The first-order valence-electron chi connectivity index (χ1n) is 6.81. The van der Waals surface area contributed by atoms with Gasteiger partial charge in [-0.2, -0.15) is 0 Å². The summed E-state index contributed by atoms with van der Waals surface area (Å²) in [6, 6.07) is 4.09. The molecule has 1 aromatic rings. The molecule has 2 amide bonds. The molecule has 1 unspecified atom stereocenters. The summed E-state index contributed by atoms with van der Waals surface area (Å²) in [5.41, 5.74) is 2.09. The molecule has 1 atom stereocenters. The minimum absolute atomic E-state index is 0.0143. The molecule has 0 aromatic heterocycles. The molecule has 5 nitrogen and oxygen atoms in total. The maximum absolute atomic E-state index is 12.1. The topological polar surface area (TPSA) is 50.8 Å². The van der Waals surface area contributed by atoms with Gasteiger partial charge in [0.1, 0.15) is 0 Å². The number of fused-ring (bicyclic) bond motifs is 3. The maximum atomic E-state index is 12.1. The second-order valence-corrected chi connectivity index (χ2v) is 5.90. The van der Waals surface area contributed by atoms with E-state index in [1.807, 2.05) is 17.0 Å². The molecule has 5 heteroatoms. The van der Waals surface area contributed by atoms with E-state index in [0.717, 1.165) is 24.3 Å². The summed E-state index contributed by atoms with van der Waals surface area (Å²) in [7, 11) is 3.28. The third kappa shape index (κ3) is 1.72. The lowest BCUT2D eigenvalue weighted by Crippen LogP contribution is -2.40. The van der Waals surface area contributed by atoms with Crippen LogP contribution in [0.2, 0.25) is 0 Å². The highest BCUT2D eigenvalue weighted by Gasteiger charge is 2.48. The average Bonchev–Trinajstić information content (AvgIpc) is 2.67. The number of amides is 2. The van der Waals surface area contributed by atoms with E-state index in [0.29, 0.717) is 5.75 Å². The quantitative estimate of drug-likeness (QED) is 0.900. The fourth-order valence-electron chi connectivity index (χ4n) is 3.36. The molecule has 0 saturated carbocycles. The van der Waals surface area contributed by atoms with E-state index in [1.165, 1.54) is 5.56 Å². The lowest BCUT2D eigenvalue weighted by atomic mass is 9.83. The average molecular weight is 276 g/mol. The van der Waals surface area contributed by atoms with Crippen LogP contribution in [0.5, 0.6) is 11.5 Å². The second-order valence-electron chi connectivity index (χ2n) is 5.90. The van der Waals surface area contributed by atoms with Crippen molar-refractivity contribution >= 4 is 6.03 Å². The number of nitrogens with one attached hydrogen (secondary N) is 1. The van der Waals surface area contributed by atoms with Gasteiger partial charge in [0.2, 0.25) is 0 Å². The zero-order valence-electron chi connectivity index (χ0n) is 12.3. The summed E-state index contributed by atoms with van der Waals surface area (Å²) < 4.78 is 10.8. The van der Waals surface area contributed by atoms with Crippen LogP contribution in [0.25, 0.3) is 0 Å². The monoisotopic (exact) mass is 276 g/mol. The number of carbonyl (C=O) groups is 1. The number of hydrogen-bond acceptors (Lipinski definition) is 3. The van der Waals surface area contributed by atoms with Crippen LogP contribution in [0.1, 0.15) is 31.0 Å². The Kier molecular flexibility index (Phi) is 2.81. The van der Waals surface area contributed by atoms with Gasteiger partial charge in [0.15, 0.2) is 11.5 Å². The summed E-state index contributed by atoms with van der Waals surface area (Å²) >= 11 is 0. The largest absolute Gasteiger partial charge is 0.493 e. The van der Waals surface area contributed by atoms with Gasteiger partial charge in [-0.1, -0.05) is 0 Å². The molecule has 1 saturated heterocycles. The molecule has 0 radical (unpaired) electrons. The zero-order valence-corrected chi connectivity index (χ0v) is 12.3. The van der Waals surface area contributed by atoms with Gasteiger partial charge in [-0.15, -0.1) is 0 Å². The van der Waals surface area contributed by atoms with Crippen molar-refractivity contribution in [1.29, 1.82) is 0 Å². The SMILES string of the molecule is COc1cc2c(cc1OC)C1N(CC2)C(=O)NC1(C)C. The fourth-order valence-corrected chi connectivity index (χ4v) is 3.36. The van der Waals surface area contributed by atoms with E-state index in [9.17, 15) is 4.79 Å². The van der Waals surface area contributed by atoms with Crippen LogP contribution in [0.3, 0.4) is 0 Å². The number of urea groups is 1. The molecule has 20 heavy (non-hydrogen) atoms. The van der Waals surface area contributed by atoms with Crippen molar-refractivity contribution in [3.63, 3.8) is 0 Å². The lowest BCUT2D eigenvalue weighted by Gasteiger charge is -2.36. The summed E-state index contributed by atoms with van der Waals surface area (Å²) in [6.07, 6.45) is 0.843. The standard InChI is InChI=1S/C15H20N2O3/c1-15(2)13-10-8-12(20-4)11(19-3)7-9(10)5-6-17(13)14(18)16-15/h7-8,13H,5-6H2,1-4H3,(H,16,18). The molecule has 2 aliphatic heterocycles. The summed E-state index contributed by atoms with van der Waals surface area (Å²) in [5, 5.41) is 3.06. The molecule has 0 aliphatic carbocycles. The number of benzene rings is 1. The van der Waals surface area contributed by atoms with Crippen molar-refractivity contribution in [1.82, 2.24) is 10.2 Å². The Hall–Kier alpha value is -1.91. The molecule has 0 spiro atoms. The highest BCUT2D eigenvalue weighted by molar-refractivity contribution is 5.79. The van der Waals surface area contributed by atoms with Crippen molar-refractivity contribution in [3.8, 4) is 11.5 Å². The predicted molar refractivity (Wildman–Crippen MR) is 75.3 cm³/mol. The Balaban J connectivity index is 2.14. The van der Waals surface area contributed by atoms with Crippen LogP contribution in [-0.2, 0) is 6.42 Å². The number of methoxy groups -OCH3 is 2. The minimum Gasteiger partial charge on any atom is -0.493 e. The highest BCUT2D eigenvalue weighted by Crippen LogP contribution is 2.44. The smallest absolute Gasteiger partial charge is 0.318 e. The molecule has 2 aliphatic rings. The van der Waals surface area contributed by atoms with Gasteiger partial charge in [-0.05, 0) is 43.5 Å². The highest BCUT2D eigenvalue weighted by atomic mass is 16.5. The van der Waals surface area contributed by atoms with E-state index in [-0.39, 0.29) is 17.6 Å². The van der Waals surface area contributed by atoms with Crippen molar-refractivity contribution < 1.29 is 14.3 Å². The van der Waals surface area contributed by atoms with E-state index >= 15 is 0 Å². The molecule has 108 valence electrons. The first-order valence-corrected chi connectivity index (χ1v) is 6.81. The third-order valence-corrected chi connectivity index (χ3v) is 4.25. The van der Waals surface area contributed by atoms with Gasteiger partial charge in [0.25, 0.3) is 0 Å². The molecule has 1 aromatic carbocycles. The zero-order chi connectivity index (χ0) is 14.5. The molecule has 0 bridgehead atoms. The first kappa shape index (κ1) is 13.1. The van der Waals surface area contributed by atoms with E-state index in [1.54, 1.807) is 14.2 Å². The van der Waals surface area contributed by atoms with Crippen LogP contribution >= 0.6 is 0 Å². The number of ether oxygens (including phenoxy) is 2. The molecule has 1 fully saturated rings. The lowest BCUT2D eigenvalue weighted by molar-refractivity contribution is 0.190. The molecule has 1 N–H and O–H groups in total. The fraction of sp³-hybridized carbons (Fsp3) is 0.533. The van der Waals surface area contributed by atoms with E-state index < -0.39 is 0 Å². The van der Waals surface area contributed by atoms with Crippen LogP contribution in [0.15, 0.2) is 12.1 Å². The number of rotatable bonds is 2. The Labute approximate surface area is 118 Å².